The molecule has 18 heavy (non-hydrogen) atoms. The third kappa shape index (κ3) is 3.79. The van der Waals surface area contributed by atoms with Gasteiger partial charge >= 0.3 is 0 Å². The van der Waals surface area contributed by atoms with Gasteiger partial charge < -0.3 is 10.3 Å². The summed E-state index contributed by atoms with van der Waals surface area (Å²) in [6, 6.07) is 0.0302. The summed E-state index contributed by atoms with van der Waals surface area (Å²) in [7, 11) is -3.51. The lowest BCUT2D eigenvalue weighted by Crippen LogP contribution is -2.30. The van der Waals surface area contributed by atoms with Crippen molar-refractivity contribution in [3.8, 4) is 0 Å². The smallest absolute Gasteiger partial charge is 0.259 e. The largest absolute Gasteiger partial charge is 0.334 e. The van der Waals surface area contributed by atoms with E-state index in [0.29, 0.717) is 25.3 Å². The fraction of sp³-hybridized carbons (Fsp3) is 0.727. The topological polar surface area (TPSA) is 90.0 Å². The molecule has 0 aliphatic rings. The van der Waals surface area contributed by atoms with E-state index in [4.69, 9.17) is 5.73 Å². The van der Waals surface area contributed by atoms with E-state index >= 15 is 0 Å². The molecule has 104 valence electrons. The monoisotopic (exact) mass is 274 g/mol. The van der Waals surface area contributed by atoms with Crippen molar-refractivity contribution in [1.82, 2.24) is 14.3 Å². The van der Waals surface area contributed by atoms with Crippen molar-refractivity contribution in [3.05, 3.63) is 12.0 Å². The number of sulfonamides is 1. The van der Waals surface area contributed by atoms with E-state index in [0.717, 1.165) is 6.42 Å². The van der Waals surface area contributed by atoms with Gasteiger partial charge in [-0.1, -0.05) is 6.92 Å². The molecule has 0 aromatic carbocycles. The van der Waals surface area contributed by atoms with Crippen molar-refractivity contribution in [2.45, 2.75) is 51.2 Å². The zero-order valence-electron chi connectivity index (χ0n) is 11.2. The van der Waals surface area contributed by atoms with Gasteiger partial charge in [0.2, 0.25) is 0 Å². The van der Waals surface area contributed by atoms with E-state index in [2.05, 4.69) is 9.71 Å². The number of imidazole rings is 1. The Morgan fingerprint density at radius 3 is 2.67 bits per heavy atom. The number of hydrogen-bond acceptors (Lipinski definition) is 4. The van der Waals surface area contributed by atoms with Crippen molar-refractivity contribution in [1.29, 1.82) is 0 Å². The summed E-state index contributed by atoms with van der Waals surface area (Å²) in [6.45, 7) is 6.75. The van der Waals surface area contributed by atoms with Gasteiger partial charge in [0.15, 0.2) is 5.03 Å². The Hall–Kier alpha value is -0.920. The first kappa shape index (κ1) is 15.1. The Bertz CT molecular complexity index is 481. The second kappa shape index (κ2) is 6.31. The molecule has 0 bridgehead atoms. The van der Waals surface area contributed by atoms with Gasteiger partial charge in [-0.15, -0.1) is 0 Å². The average Bonchev–Trinajstić information content (AvgIpc) is 2.70. The van der Waals surface area contributed by atoms with Crippen LogP contribution in [0.25, 0.3) is 0 Å². The summed E-state index contributed by atoms with van der Waals surface area (Å²) in [5, 5.41) is 0.0759. The molecular formula is C11H22N4O2S. The number of hydrogen-bond donors (Lipinski definition) is 2. The molecule has 1 aromatic heterocycles. The van der Waals surface area contributed by atoms with Crippen molar-refractivity contribution in [2.75, 3.05) is 6.54 Å². The minimum atomic E-state index is -3.51. The van der Waals surface area contributed by atoms with E-state index in [1.165, 1.54) is 0 Å². The van der Waals surface area contributed by atoms with E-state index in [1.807, 2.05) is 13.8 Å². The zero-order valence-corrected chi connectivity index (χ0v) is 12.0. The Morgan fingerprint density at radius 1 is 1.50 bits per heavy atom. The predicted octanol–water partition coefficient (Wildman–Crippen LogP) is 0.617. The molecule has 0 amide bonds. The van der Waals surface area contributed by atoms with Gasteiger partial charge in [0, 0.05) is 25.3 Å². The summed E-state index contributed by atoms with van der Waals surface area (Å²) in [4.78, 5) is 4.05. The van der Waals surface area contributed by atoms with Crippen LogP contribution < -0.4 is 10.5 Å². The lowest BCUT2D eigenvalue weighted by Gasteiger charge is -2.08. The lowest BCUT2D eigenvalue weighted by molar-refractivity contribution is 0.555. The second-order valence-corrected chi connectivity index (χ2v) is 5.98. The minimum absolute atomic E-state index is 0.0302. The molecule has 1 heterocycles. The van der Waals surface area contributed by atoms with Gasteiger partial charge in [-0.2, -0.15) is 0 Å². The molecule has 3 N–H and O–H groups in total. The summed E-state index contributed by atoms with van der Waals surface area (Å²) in [5.74, 6) is 0.697. The highest BCUT2D eigenvalue weighted by Crippen LogP contribution is 2.08. The zero-order chi connectivity index (χ0) is 13.8. The summed E-state index contributed by atoms with van der Waals surface area (Å²) in [5.41, 5.74) is 5.74. The number of aromatic nitrogens is 2. The van der Waals surface area contributed by atoms with Crippen LogP contribution in [0.4, 0.5) is 0 Å². The molecule has 0 aliphatic heterocycles. The van der Waals surface area contributed by atoms with Gasteiger partial charge in [-0.25, -0.2) is 18.1 Å². The summed E-state index contributed by atoms with van der Waals surface area (Å²) in [6.07, 6.45) is 3.02. The molecule has 1 atom stereocenters. The van der Waals surface area contributed by atoms with Gasteiger partial charge in [-0.3, -0.25) is 0 Å². The van der Waals surface area contributed by atoms with Gasteiger partial charge in [0.05, 0.1) is 0 Å². The first-order valence-electron chi connectivity index (χ1n) is 6.19. The van der Waals surface area contributed by atoms with Crippen LogP contribution in [0.5, 0.6) is 0 Å². The van der Waals surface area contributed by atoms with Crippen molar-refractivity contribution < 1.29 is 8.42 Å². The van der Waals surface area contributed by atoms with Gasteiger partial charge in [0.25, 0.3) is 10.0 Å². The van der Waals surface area contributed by atoms with Crippen LogP contribution in [0.15, 0.2) is 11.2 Å². The molecule has 0 saturated carbocycles. The molecule has 1 rings (SSSR count). The van der Waals surface area contributed by atoms with E-state index in [1.54, 1.807) is 17.7 Å². The van der Waals surface area contributed by atoms with Crippen molar-refractivity contribution in [3.63, 3.8) is 0 Å². The Kier molecular flexibility index (Phi) is 5.30. The third-order valence-electron chi connectivity index (χ3n) is 2.90. The fourth-order valence-electron chi connectivity index (χ4n) is 1.59. The van der Waals surface area contributed by atoms with Crippen LogP contribution in [0.3, 0.4) is 0 Å². The highest BCUT2D eigenvalue weighted by molar-refractivity contribution is 7.89. The van der Waals surface area contributed by atoms with E-state index < -0.39 is 10.0 Å². The lowest BCUT2D eigenvalue weighted by atomic mass is 10.2. The average molecular weight is 274 g/mol. The van der Waals surface area contributed by atoms with Crippen LogP contribution in [-0.2, 0) is 16.6 Å². The first-order chi connectivity index (χ1) is 8.40. The van der Waals surface area contributed by atoms with Gasteiger partial charge in [-0.05, 0) is 26.7 Å². The summed E-state index contributed by atoms with van der Waals surface area (Å²) < 4.78 is 28.2. The summed E-state index contributed by atoms with van der Waals surface area (Å²) >= 11 is 0. The minimum Gasteiger partial charge on any atom is -0.334 e. The van der Waals surface area contributed by atoms with Crippen LogP contribution >= 0.6 is 0 Å². The quantitative estimate of drug-likeness (QED) is 0.762. The molecular weight excluding hydrogens is 252 g/mol. The third-order valence-corrected chi connectivity index (χ3v) is 4.23. The second-order valence-electron chi connectivity index (χ2n) is 4.27. The van der Waals surface area contributed by atoms with Crippen LogP contribution in [0.1, 0.15) is 32.5 Å². The molecule has 6 nitrogen and oxygen atoms in total. The molecule has 0 saturated heterocycles. The maximum absolute atomic E-state index is 12.0. The molecule has 0 spiro atoms. The molecule has 0 fully saturated rings. The number of aryl methyl sites for hydroxylation is 2. The predicted molar refractivity (Wildman–Crippen MR) is 70.7 cm³/mol. The Labute approximate surface area is 109 Å². The SMILES string of the molecule is CCC(N)CCNS(=O)(=O)c1cn(CC)c(C)n1. The molecule has 1 aromatic rings. The highest BCUT2D eigenvalue weighted by Gasteiger charge is 2.18. The first-order valence-corrected chi connectivity index (χ1v) is 7.68. The van der Waals surface area contributed by atoms with Crippen LogP contribution in [0, 0.1) is 6.92 Å². The van der Waals surface area contributed by atoms with Gasteiger partial charge in [0.1, 0.15) is 5.82 Å². The van der Waals surface area contributed by atoms with Crippen molar-refractivity contribution >= 4 is 10.0 Å². The molecule has 0 radical (unpaired) electrons. The number of rotatable bonds is 7. The maximum Gasteiger partial charge on any atom is 0.259 e. The van der Waals surface area contributed by atoms with Crippen molar-refractivity contribution in [2.24, 2.45) is 5.73 Å². The fourth-order valence-corrected chi connectivity index (χ4v) is 2.64. The van der Waals surface area contributed by atoms with E-state index in [9.17, 15) is 8.42 Å². The van der Waals surface area contributed by atoms with Crippen LogP contribution in [-0.4, -0.2) is 30.6 Å². The maximum atomic E-state index is 12.0. The normalized spacial score (nSPS) is 13.8. The highest BCUT2D eigenvalue weighted by atomic mass is 32.2. The number of nitrogens with one attached hydrogen (secondary N) is 1. The molecule has 0 aliphatic carbocycles. The number of nitrogens with zero attached hydrogens (tertiary/aromatic N) is 2. The van der Waals surface area contributed by atoms with Crippen LogP contribution in [0.2, 0.25) is 0 Å². The standard InChI is InChI=1S/C11H22N4O2S/c1-4-10(12)6-7-13-18(16,17)11-8-15(5-2)9(3)14-11/h8,10,13H,4-7,12H2,1-3H3. The molecule has 7 heteroatoms. The van der Waals surface area contributed by atoms with E-state index in [-0.39, 0.29) is 11.1 Å². The number of nitrogens with two attached hydrogens (primary N) is 1. The Balaban J connectivity index is 2.68. The Morgan fingerprint density at radius 2 is 2.17 bits per heavy atom. The molecule has 1 unspecified atom stereocenters.